The number of carboxylic acids is 1. The Kier molecular flexibility index (Phi) is 5.16. The highest BCUT2D eigenvalue weighted by Crippen LogP contribution is 2.60. The van der Waals surface area contributed by atoms with Crippen molar-refractivity contribution < 1.29 is 71.4 Å². The van der Waals surface area contributed by atoms with E-state index in [1.165, 1.54) is 0 Å². The summed E-state index contributed by atoms with van der Waals surface area (Å²) in [5.74, 6) is -43.2. The molecule has 0 saturated heterocycles. The zero-order chi connectivity index (χ0) is 20.2. The van der Waals surface area contributed by atoms with Gasteiger partial charge in [0.05, 0.1) is 0 Å². The number of alkyl halides is 14. The Morgan fingerprint density at radius 3 is 1.17 bits per heavy atom. The Balaban J connectivity index is 6.36. The molecule has 0 heterocycles. The van der Waals surface area contributed by atoms with Crippen LogP contribution in [-0.2, 0) is 4.79 Å². The lowest BCUT2D eigenvalue weighted by Gasteiger charge is -2.39. The molecule has 0 bridgehead atoms. The maximum atomic E-state index is 12.8. The summed E-state index contributed by atoms with van der Waals surface area (Å²) in [5.41, 5.74) is 0. The van der Waals surface area contributed by atoms with Gasteiger partial charge in [-0.25, -0.2) is 9.18 Å². The molecule has 0 spiro atoms. The van der Waals surface area contributed by atoms with Crippen LogP contribution >= 0.6 is 0 Å². The van der Waals surface area contributed by atoms with Crippen LogP contribution in [0.2, 0.25) is 0 Å². The minimum absolute atomic E-state index is 3.60. The third-order valence-corrected chi connectivity index (χ3v) is 2.49. The van der Waals surface area contributed by atoms with E-state index in [1.807, 2.05) is 0 Å². The molecule has 0 aromatic carbocycles. The van der Waals surface area contributed by atoms with E-state index in [2.05, 4.69) is 0 Å². The quantitative estimate of drug-likeness (QED) is 0.686. The minimum Gasteiger partial charge on any atom is -0.479 e. The SMILES string of the molecule is O=C(O)C(F)C(F)(F)C(F)(F)C(F)(F)C(F)(F)C(F)(F)C(F)(F)F. The van der Waals surface area contributed by atoms with E-state index < -0.39 is 47.9 Å². The average Bonchev–Trinajstić information content (AvgIpc) is 2.35. The second kappa shape index (κ2) is 5.50. The zero-order valence-electron chi connectivity index (χ0n) is 10.2. The molecule has 1 unspecified atom stereocenters. The zero-order valence-corrected chi connectivity index (χ0v) is 10.2. The van der Waals surface area contributed by atoms with Crippen LogP contribution in [0, 0.1) is 0 Å². The summed E-state index contributed by atoms with van der Waals surface area (Å²) in [6.45, 7) is 0. The second-order valence-electron chi connectivity index (χ2n) is 4.12. The number of carbonyl (C=O) groups is 1. The fraction of sp³-hybridized carbons (Fsp3) is 0.875. The summed E-state index contributed by atoms with van der Waals surface area (Å²) in [4.78, 5) is 9.78. The first-order valence-corrected chi connectivity index (χ1v) is 4.93. The first kappa shape index (κ1) is 22.5. The molecule has 144 valence electrons. The standard InChI is InChI=1S/C8H2F14O2/c9-1(2(23)24)3(10,11)4(12,13)5(14,15)6(16,17)7(18,19)8(20,21)22/h1H,(H,23,24). The number of carboxylic acid groups (broad SMARTS) is 1. The van der Waals surface area contributed by atoms with Crippen LogP contribution < -0.4 is 0 Å². The van der Waals surface area contributed by atoms with Gasteiger partial charge in [-0.1, -0.05) is 0 Å². The lowest BCUT2D eigenvalue weighted by Crippen LogP contribution is -2.71. The fourth-order valence-corrected chi connectivity index (χ4v) is 1.10. The van der Waals surface area contributed by atoms with Gasteiger partial charge in [-0.2, -0.15) is 57.1 Å². The molecule has 1 atom stereocenters. The molecule has 0 aliphatic heterocycles. The molecular weight excluding hydrogens is 394 g/mol. The maximum Gasteiger partial charge on any atom is 0.460 e. The van der Waals surface area contributed by atoms with E-state index in [0.717, 1.165) is 0 Å². The van der Waals surface area contributed by atoms with Crippen molar-refractivity contribution in [2.24, 2.45) is 0 Å². The third kappa shape index (κ3) is 2.72. The van der Waals surface area contributed by atoms with Gasteiger partial charge in [-0.05, 0) is 0 Å². The summed E-state index contributed by atoms with van der Waals surface area (Å²) in [7, 11) is 0. The largest absolute Gasteiger partial charge is 0.479 e. The number of rotatable bonds is 6. The topological polar surface area (TPSA) is 37.3 Å². The van der Waals surface area contributed by atoms with Crippen molar-refractivity contribution in [3.05, 3.63) is 0 Å². The van der Waals surface area contributed by atoms with E-state index in [0.29, 0.717) is 0 Å². The van der Waals surface area contributed by atoms with Crippen molar-refractivity contribution in [3.63, 3.8) is 0 Å². The predicted molar refractivity (Wildman–Crippen MR) is 43.3 cm³/mol. The van der Waals surface area contributed by atoms with Crippen LogP contribution in [0.15, 0.2) is 0 Å². The molecule has 16 heteroatoms. The maximum absolute atomic E-state index is 12.8. The molecule has 0 aromatic heterocycles. The van der Waals surface area contributed by atoms with E-state index >= 15 is 0 Å². The van der Waals surface area contributed by atoms with Gasteiger partial charge in [-0.3, -0.25) is 0 Å². The van der Waals surface area contributed by atoms with Crippen LogP contribution in [0.25, 0.3) is 0 Å². The molecule has 0 rings (SSSR count). The normalized spacial score (nSPS) is 16.9. The van der Waals surface area contributed by atoms with Crippen molar-refractivity contribution in [3.8, 4) is 0 Å². The fourth-order valence-electron chi connectivity index (χ4n) is 1.10. The molecule has 24 heavy (non-hydrogen) atoms. The molecule has 0 amide bonds. The number of hydrogen-bond acceptors (Lipinski definition) is 1. The monoisotopic (exact) mass is 396 g/mol. The van der Waals surface area contributed by atoms with Crippen LogP contribution in [0.1, 0.15) is 0 Å². The Morgan fingerprint density at radius 2 is 0.917 bits per heavy atom. The molecule has 2 nitrogen and oxygen atoms in total. The molecule has 0 fully saturated rings. The van der Waals surface area contributed by atoms with Crippen molar-refractivity contribution in [2.45, 2.75) is 42.0 Å². The number of halogens is 14. The number of aliphatic carboxylic acids is 1. The van der Waals surface area contributed by atoms with Crippen molar-refractivity contribution in [2.75, 3.05) is 0 Å². The van der Waals surface area contributed by atoms with Gasteiger partial charge in [0.1, 0.15) is 0 Å². The van der Waals surface area contributed by atoms with Crippen LogP contribution in [-0.4, -0.2) is 53.0 Å². The third-order valence-electron chi connectivity index (χ3n) is 2.49. The Bertz CT molecular complexity index is 491. The first-order valence-electron chi connectivity index (χ1n) is 4.93. The van der Waals surface area contributed by atoms with Crippen molar-refractivity contribution in [1.82, 2.24) is 0 Å². The summed E-state index contributed by atoms with van der Waals surface area (Å²) >= 11 is 0. The van der Waals surface area contributed by atoms with Gasteiger partial charge < -0.3 is 5.11 Å². The highest BCUT2D eigenvalue weighted by molar-refractivity contribution is 5.73. The summed E-state index contributed by atoms with van der Waals surface area (Å²) in [6, 6.07) is 0. The lowest BCUT2D eigenvalue weighted by molar-refractivity contribution is -0.442. The van der Waals surface area contributed by atoms with Gasteiger partial charge in [0.25, 0.3) is 6.17 Å². The van der Waals surface area contributed by atoms with E-state index in [1.54, 1.807) is 0 Å². The van der Waals surface area contributed by atoms with Gasteiger partial charge in [-0.15, -0.1) is 0 Å². The highest BCUT2D eigenvalue weighted by Gasteiger charge is 2.91. The molecule has 0 aromatic rings. The van der Waals surface area contributed by atoms with Gasteiger partial charge in [0.15, 0.2) is 0 Å². The van der Waals surface area contributed by atoms with Crippen LogP contribution in [0.4, 0.5) is 61.5 Å². The van der Waals surface area contributed by atoms with Crippen molar-refractivity contribution >= 4 is 5.97 Å². The second-order valence-corrected chi connectivity index (χ2v) is 4.12. The first-order chi connectivity index (χ1) is 10.1. The van der Waals surface area contributed by atoms with E-state index in [-0.39, 0.29) is 0 Å². The van der Waals surface area contributed by atoms with Gasteiger partial charge >= 0.3 is 41.8 Å². The molecule has 1 N–H and O–H groups in total. The Labute approximate surface area is 121 Å². The number of hydrogen-bond donors (Lipinski definition) is 1. The molecule has 0 aliphatic carbocycles. The molecule has 0 aliphatic rings. The molecule has 0 radical (unpaired) electrons. The minimum atomic E-state index is -8.21. The summed E-state index contributed by atoms with van der Waals surface area (Å²) in [5, 5.41) is 7.69. The van der Waals surface area contributed by atoms with Crippen LogP contribution in [0.3, 0.4) is 0 Å². The van der Waals surface area contributed by atoms with E-state index in [4.69, 9.17) is 5.11 Å². The smallest absolute Gasteiger partial charge is 0.460 e. The predicted octanol–water partition coefficient (Wildman–Crippen LogP) is 4.15. The average molecular weight is 396 g/mol. The summed E-state index contributed by atoms with van der Waals surface area (Å²) in [6.07, 6.45) is -12.9. The molecular formula is C8H2F14O2. The molecule has 0 saturated carbocycles. The van der Waals surface area contributed by atoms with E-state index in [9.17, 15) is 66.3 Å². The van der Waals surface area contributed by atoms with Gasteiger partial charge in [0.2, 0.25) is 0 Å². The van der Waals surface area contributed by atoms with Gasteiger partial charge in [0, 0.05) is 0 Å². The lowest BCUT2D eigenvalue weighted by atomic mass is 9.92. The Hall–Kier alpha value is -1.51. The Morgan fingerprint density at radius 1 is 0.625 bits per heavy atom. The van der Waals surface area contributed by atoms with Crippen LogP contribution in [0.5, 0.6) is 0 Å². The highest BCUT2D eigenvalue weighted by atomic mass is 19.4. The van der Waals surface area contributed by atoms with Crippen molar-refractivity contribution in [1.29, 1.82) is 0 Å². The summed E-state index contributed by atoms with van der Waals surface area (Å²) < 4.78 is 174.